The molecule has 6 nitrogen and oxygen atoms in total. The quantitative estimate of drug-likeness (QED) is 0.379. The Morgan fingerprint density at radius 3 is 2.61 bits per heavy atom. The van der Waals surface area contributed by atoms with Gasteiger partial charge in [-0.15, -0.1) is 11.6 Å². The molecule has 18 heavy (non-hydrogen) atoms. The molecule has 0 aliphatic carbocycles. The number of nitrogens with two attached hydrogens (primary N) is 1. The SMILES string of the molecule is COc1cc(N=C(N)CCl)c(C)cc1S(=O)(=O)O. The Morgan fingerprint density at radius 2 is 2.17 bits per heavy atom. The lowest BCUT2D eigenvalue weighted by atomic mass is 10.2. The Labute approximate surface area is 110 Å². The second-order valence-corrected chi connectivity index (χ2v) is 5.16. The second-order valence-electron chi connectivity index (χ2n) is 3.50. The van der Waals surface area contributed by atoms with Crippen LogP contribution in [0.25, 0.3) is 0 Å². The summed E-state index contributed by atoms with van der Waals surface area (Å²) in [5.74, 6) is 0.243. The summed E-state index contributed by atoms with van der Waals surface area (Å²) in [7, 11) is -3.06. The van der Waals surface area contributed by atoms with Gasteiger partial charge in [-0.25, -0.2) is 4.99 Å². The third-order valence-corrected chi connectivity index (χ3v) is 3.31. The molecule has 0 aromatic heterocycles. The maximum atomic E-state index is 11.1. The minimum atomic E-state index is -4.35. The van der Waals surface area contributed by atoms with Gasteiger partial charge in [-0.3, -0.25) is 4.55 Å². The predicted molar refractivity (Wildman–Crippen MR) is 69.5 cm³/mol. The lowest BCUT2D eigenvalue weighted by molar-refractivity contribution is 0.397. The monoisotopic (exact) mass is 292 g/mol. The minimum Gasteiger partial charge on any atom is -0.495 e. The van der Waals surface area contributed by atoms with Crippen molar-refractivity contribution in [2.75, 3.05) is 13.0 Å². The van der Waals surface area contributed by atoms with Crippen LogP contribution >= 0.6 is 11.6 Å². The van der Waals surface area contributed by atoms with E-state index in [1.165, 1.54) is 19.2 Å². The summed E-state index contributed by atoms with van der Waals surface area (Å²) < 4.78 is 36.3. The fraction of sp³-hybridized carbons (Fsp3) is 0.300. The van der Waals surface area contributed by atoms with E-state index in [9.17, 15) is 8.42 Å². The first-order chi connectivity index (χ1) is 8.29. The third kappa shape index (κ3) is 3.34. The lowest BCUT2D eigenvalue weighted by Gasteiger charge is -2.09. The Balaban J connectivity index is 3.45. The maximum absolute atomic E-state index is 11.1. The van der Waals surface area contributed by atoms with Crippen molar-refractivity contribution in [3.63, 3.8) is 0 Å². The Morgan fingerprint density at radius 1 is 1.56 bits per heavy atom. The molecule has 1 aromatic rings. The van der Waals surface area contributed by atoms with E-state index in [0.717, 1.165) is 0 Å². The summed E-state index contributed by atoms with van der Waals surface area (Å²) >= 11 is 5.51. The highest BCUT2D eigenvalue weighted by Crippen LogP contribution is 2.31. The molecule has 8 heteroatoms. The van der Waals surface area contributed by atoms with Crippen LogP contribution in [0.2, 0.25) is 0 Å². The molecule has 0 radical (unpaired) electrons. The smallest absolute Gasteiger partial charge is 0.298 e. The number of alkyl halides is 1. The van der Waals surface area contributed by atoms with Gasteiger partial charge in [0, 0.05) is 6.07 Å². The minimum absolute atomic E-state index is 0.00998. The van der Waals surface area contributed by atoms with Gasteiger partial charge >= 0.3 is 0 Å². The number of ether oxygens (including phenoxy) is 1. The molecule has 0 aliphatic heterocycles. The van der Waals surface area contributed by atoms with Gasteiger partial charge in [0.05, 0.1) is 18.7 Å². The molecule has 0 saturated heterocycles. The molecular weight excluding hydrogens is 280 g/mol. The van der Waals surface area contributed by atoms with Crippen LogP contribution < -0.4 is 10.5 Å². The number of rotatable bonds is 4. The number of amidine groups is 1. The van der Waals surface area contributed by atoms with Crippen molar-refractivity contribution in [2.45, 2.75) is 11.8 Å². The van der Waals surface area contributed by atoms with Crippen molar-refractivity contribution < 1.29 is 17.7 Å². The van der Waals surface area contributed by atoms with Gasteiger partial charge in [0.15, 0.2) is 0 Å². The molecular formula is C10H13ClN2O4S. The average molecular weight is 293 g/mol. The van der Waals surface area contributed by atoms with Crippen LogP contribution in [0.15, 0.2) is 22.0 Å². The van der Waals surface area contributed by atoms with E-state index in [4.69, 9.17) is 26.6 Å². The standard InChI is InChI=1S/C10H13ClN2O4S/c1-6-3-9(18(14,15)16)8(17-2)4-7(6)13-10(12)5-11/h3-4H,5H2,1-2H3,(H2,12,13)(H,14,15,16). The van der Waals surface area contributed by atoms with Crippen LogP contribution in [0.1, 0.15) is 5.56 Å². The molecule has 1 aromatic carbocycles. The average Bonchev–Trinajstić information content (AvgIpc) is 2.29. The van der Waals surface area contributed by atoms with Gasteiger partial charge in [0.1, 0.15) is 16.5 Å². The fourth-order valence-electron chi connectivity index (χ4n) is 1.32. The molecule has 0 bridgehead atoms. The number of hydrogen-bond donors (Lipinski definition) is 2. The highest BCUT2D eigenvalue weighted by molar-refractivity contribution is 7.86. The van der Waals surface area contributed by atoms with Crippen molar-refractivity contribution in [3.05, 3.63) is 17.7 Å². The topological polar surface area (TPSA) is 102 Å². The first kappa shape index (κ1) is 14.7. The van der Waals surface area contributed by atoms with Crippen LogP contribution in [-0.4, -0.2) is 31.8 Å². The summed E-state index contributed by atoms with van der Waals surface area (Å²) in [5, 5.41) is 0. The summed E-state index contributed by atoms with van der Waals surface area (Å²) in [5.41, 5.74) is 6.45. The van der Waals surface area contributed by atoms with Crippen molar-refractivity contribution in [3.8, 4) is 5.75 Å². The molecule has 3 N–H and O–H groups in total. The highest BCUT2D eigenvalue weighted by atomic mass is 35.5. The molecule has 100 valence electrons. The van der Waals surface area contributed by atoms with E-state index in [1.807, 2.05) is 0 Å². The van der Waals surface area contributed by atoms with E-state index >= 15 is 0 Å². The number of halogens is 1. The summed E-state index contributed by atoms with van der Waals surface area (Å²) in [6, 6.07) is 2.63. The third-order valence-electron chi connectivity index (χ3n) is 2.16. The number of methoxy groups -OCH3 is 1. The van der Waals surface area contributed by atoms with E-state index in [1.54, 1.807) is 6.92 Å². The maximum Gasteiger partial charge on any atom is 0.298 e. The largest absolute Gasteiger partial charge is 0.495 e. The summed E-state index contributed by atoms with van der Waals surface area (Å²) in [4.78, 5) is 3.70. The first-order valence-electron chi connectivity index (χ1n) is 4.84. The van der Waals surface area contributed by atoms with Crippen LogP contribution in [-0.2, 0) is 10.1 Å². The van der Waals surface area contributed by atoms with E-state index < -0.39 is 10.1 Å². The molecule has 0 fully saturated rings. The number of nitrogens with zero attached hydrogens (tertiary/aromatic N) is 1. The Hall–Kier alpha value is -1.31. The molecule has 0 spiro atoms. The van der Waals surface area contributed by atoms with Crippen molar-refractivity contribution >= 4 is 33.2 Å². The molecule has 0 amide bonds. The van der Waals surface area contributed by atoms with Gasteiger partial charge in [0.2, 0.25) is 0 Å². The normalized spacial score (nSPS) is 12.6. The van der Waals surface area contributed by atoms with Gasteiger partial charge in [0.25, 0.3) is 10.1 Å². The molecule has 0 saturated carbocycles. The molecule has 0 aliphatic rings. The zero-order valence-electron chi connectivity index (χ0n) is 9.84. The number of aryl methyl sites for hydroxylation is 1. The van der Waals surface area contributed by atoms with Crippen molar-refractivity contribution in [1.29, 1.82) is 0 Å². The summed E-state index contributed by atoms with van der Waals surface area (Å²) in [6.07, 6.45) is 0. The lowest BCUT2D eigenvalue weighted by Crippen LogP contribution is -2.12. The van der Waals surface area contributed by atoms with E-state index in [-0.39, 0.29) is 22.4 Å². The van der Waals surface area contributed by atoms with E-state index in [2.05, 4.69) is 4.99 Å². The van der Waals surface area contributed by atoms with Crippen LogP contribution in [0.3, 0.4) is 0 Å². The fourth-order valence-corrected chi connectivity index (χ4v) is 2.10. The van der Waals surface area contributed by atoms with Gasteiger partial charge in [-0.05, 0) is 18.6 Å². The Bertz CT molecular complexity index is 584. The van der Waals surface area contributed by atoms with Gasteiger partial charge < -0.3 is 10.5 Å². The second kappa shape index (κ2) is 5.55. The predicted octanol–water partition coefficient (Wildman–Crippen LogP) is 1.48. The van der Waals surface area contributed by atoms with Crippen LogP contribution in [0, 0.1) is 6.92 Å². The zero-order valence-corrected chi connectivity index (χ0v) is 11.4. The summed E-state index contributed by atoms with van der Waals surface area (Å²) in [6.45, 7) is 1.63. The molecule has 0 atom stereocenters. The zero-order chi connectivity index (χ0) is 13.9. The van der Waals surface area contributed by atoms with Crippen LogP contribution in [0.4, 0.5) is 5.69 Å². The Kier molecular flexibility index (Phi) is 4.55. The first-order valence-corrected chi connectivity index (χ1v) is 6.82. The van der Waals surface area contributed by atoms with Crippen molar-refractivity contribution in [1.82, 2.24) is 0 Å². The number of hydrogen-bond acceptors (Lipinski definition) is 4. The van der Waals surface area contributed by atoms with Crippen molar-refractivity contribution in [2.24, 2.45) is 10.7 Å². The highest BCUT2D eigenvalue weighted by Gasteiger charge is 2.18. The van der Waals surface area contributed by atoms with Crippen LogP contribution in [0.5, 0.6) is 5.75 Å². The molecule has 0 heterocycles. The number of aliphatic imine (C=N–C) groups is 1. The molecule has 0 unspecified atom stereocenters. The van der Waals surface area contributed by atoms with Gasteiger partial charge in [-0.1, -0.05) is 0 Å². The molecule has 1 rings (SSSR count). The van der Waals surface area contributed by atoms with E-state index in [0.29, 0.717) is 11.3 Å². The number of benzene rings is 1. The van der Waals surface area contributed by atoms with Gasteiger partial charge in [-0.2, -0.15) is 8.42 Å².